The molecule has 0 aromatic carbocycles. The van der Waals surface area contributed by atoms with Crippen LogP contribution < -0.4 is 0 Å². The molecule has 0 N–H and O–H groups in total. The Bertz CT molecular complexity index is 128. The average molecular weight is 253 g/mol. The van der Waals surface area contributed by atoms with E-state index < -0.39 is 6.16 Å². The fourth-order valence-electron chi connectivity index (χ4n) is 0.848. The highest BCUT2D eigenvalue weighted by Gasteiger charge is 2.01. The van der Waals surface area contributed by atoms with E-state index in [1.807, 2.05) is 0 Å². The summed E-state index contributed by atoms with van der Waals surface area (Å²) in [5, 5.41) is 0.651. The summed E-state index contributed by atoms with van der Waals surface area (Å²) in [6.07, 6.45) is 3.86. The fraction of sp³-hybridized carbons (Fsp3) is 0.889. The Morgan fingerprint density at radius 1 is 1.15 bits per heavy atom. The number of hydrogen-bond donors (Lipinski definition) is 0. The van der Waals surface area contributed by atoms with Crippen molar-refractivity contribution < 1.29 is 14.3 Å². The molecular weight excluding hydrogens is 236 g/mol. The first-order valence-corrected chi connectivity index (χ1v) is 5.79. The molecule has 0 fully saturated rings. The van der Waals surface area contributed by atoms with Gasteiger partial charge in [-0.25, -0.2) is 4.79 Å². The van der Waals surface area contributed by atoms with Gasteiger partial charge in [0.05, 0.1) is 6.61 Å². The van der Waals surface area contributed by atoms with Crippen molar-refractivity contribution in [3.05, 3.63) is 0 Å². The Kier molecular flexibility index (Phi) is 9.65. The molecule has 13 heavy (non-hydrogen) atoms. The zero-order valence-corrected chi connectivity index (χ0v) is 9.64. The van der Waals surface area contributed by atoms with Crippen LogP contribution in [0.4, 0.5) is 4.79 Å². The van der Waals surface area contributed by atoms with Crippen LogP contribution in [0.15, 0.2) is 0 Å². The van der Waals surface area contributed by atoms with Gasteiger partial charge in [-0.3, -0.25) is 0 Å². The number of alkyl halides is 1. The summed E-state index contributed by atoms with van der Waals surface area (Å²) in [6, 6.07) is 0. The first-order chi connectivity index (χ1) is 6.31. The Morgan fingerprint density at radius 3 is 2.46 bits per heavy atom. The number of unbranched alkanes of at least 4 members (excludes halogenated alkanes) is 3. The minimum atomic E-state index is -0.559. The van der Waals surface area contributed by atoms with Gasteiger partial charge in [-0.15, -0.1) is 0 Å². The van der Waals surface area contributed by atoms with Crippen LogP contribution in [-0.2, 0) is 9.47 Å². The van der Waals surface area contributed by atoms with Gasteiger partial charge in [0.2, 0.25) is 0 Å². The quantitative estimate of drug-likeness (QED) is 0.397. The second-order valence-corrected chi connectivity index (χ2v) is 3.49. The minimum Gasteiger partial charge on any atom is -0.434 e. The zero-order valence-electron chi connectivity index (χ0n) is 8.05. The molecule has 0 saturated heterocycles. The second kappa shape index (κ2) is 9.84. The molecule has 78 valence electrons. The van der Waals surface area contributed by atoms with Crippen molar-refractivity contribution in [2.75, 3.05) is 18.5 Å². The monoisotopic (exact) mass is 252 g/mol. The predicted octanol–water partition coefficient (Wildman–Crippen LogP) is 3.11. The molecule has 0 radical (unpaired) electrons. The SMILES string of the molecule is CCCCCCOC(=O)OCCBr. The largest absolute Gasteiger partial charge is 0.508 e. The molecule has 4 heteroatoms. The summed E-state index contributed by atoms with van der Waals surface area (Å²) in [6.45, 7) is 2.99. The molecule has 0 amide bonds. The van der Waals surface area contributed by atoms with E-state index >= 15 is 0 Å². The molecule has 0 bridgehead atoms. The van der Waals surface area contributed by atoms with Crippen LogP contribution in [0.1, 0.15) is 32.6 Å². The van der Waals surface area contributed by atoms with Gasteiger partial charge in [-0.1, -0.05) is 42.1 Å². The van der Waals surface area contributed by atoms with Gasteiger partial charge in [0.1, 0.15) is 6.61 Å². The summed E-state index contributed by atoms with van der Waals surface area (Å²) in [4.78, 5) is 10.8. The van der Waals surface area contributed by atoms with E-state index in [1.165, 1.54) is 12.8 Å². The first-order valence-electron chi connectivity index (χ1n) is 4.66. The molecule has 0 aliphatic rings. The third-order valence-electron chi connectivity index (χ3n) is 1.51. The van der Waals surface area contributed by atoms with Crippen LogP contribution in [0.3, 0.4) is 0 Å². The fourth-order valence-corrected chi connectivity index (χ4v) is 1.01. The maximum absolute atomic E-state index is 10.8. The lowest BCUT2D eigenvalue weighted by Crippen LogP contribution is -2.09. The summed E-state index contributed by atoms with van der Waals surface area (Å²) in [5.41, 5.74) is 0. The van der Waals surface area contributed by atoms with Crippen LogP contribution in [-0.4, -0.2) is 24.7 Å². The number of ether oxygens (including phenoxy) is 2. The van der Waals surface area contributed by atoms with Gasteiger partial charge in [0.15, 0.2) is 0 Å². The summed E-state index contributed by atoms with van der Waals surface area (Å²) < 4.78 is 9.50. The molecule has 0 saturated carbocycles. The number of halogens is 1. The summed E-state index contributed by atoms with van der Waals surface area (Å²) in [7, 11) is 0. The summed E-state index contributed by atoms with van der Waals surface area (Å²) in [5.74, 6) is 0. The van der Waals surface area contributed by atoms with E-state index in [1.54, 1.807) is 0 Å². The van der Waals surface area contributed by atoms with Crippen LogP contribution in [0.2, 0.25) is 0 Å². The number of carbonyl (C=O) groups is 1. The highest BCUT2D eigenvalue weighted by Crippen LogP contribution is 1.99. The Labute approximate surface area is 87.9 Å². The van der Waals surface area contributed by atoms with Gasteiger partial charge in [0, 0.05) is 5.33 Å². The molecule has 0 heterocycles. The molecule has 0 aromatic heterocycles. The standard InChI is InChI=1S/C9H17BrO3/c1-2-3-4-5-7-12-9(11)13-8-6-10/h2-8H2,1H3. The van der Waals surface area contributed by atoms with Crippen LogP contribution >= 0.6 is 15.9 Å². The first kappa shape index (κ1) is 12.8. The molecular formula is C9H17BrO3. The molecule has 0 atom stereocenters. The van der Waals surface area contributed by atoms with Gasteiger partial charge in [-0.2, -0.15) is 0 Å². The molecule has 0 rings (SSSR count). The van der Waals surface area contributed by atoms with E-state index in [0.29, 0.717) is 18.5 Å². The normalized spacial score (nSPS) is 9.69. The lowest BCUT2D eigenvalue weighted by molar-refractivity contribution is 0.0587. The van der Waals surface area contributed by atoms with Crippen LogP contribution in [0.5, 0.6) is 0 Å². The average Bonchev–Trinajstić information content (AvgIpc) is 2.14. The van der Waals surface area contributed by atoms with E-state index in [2.05, 4.69) is 27.6 Å². The van der Waals surface area contributed by atoms with E-state index in [4.69, 9.17) is 4.74 Å². The summed E-state index contributed by atoms with van der Waals surface area (Å²) >= 11 is 3.15. The Morgan fingerprint density at radius 2 is 1.85 bits per heavy atom. The van der Waals surface area contributed by atoms with E-state index in [-0.39, 0.29) is 0 Å². The molecule has 0 aromatic rings. The van der Waals surface area contributed by atoms with Gasteiger partial charge in [0.25, 0.3) is 0 Å². The van der Waals surface area contributed by atoms with Crippen molar-refractivity contribution in [2.24, 2.45) is 0 Å². The van der Waals surface area contributed by atoms with Gasteiger partial charge < -0.3 is 9.47 Å². The minimum absolute atomic E-state index is 0.369. The van der Waals surface area contributed by atoms with Crippen molar-refractivity contribution in [3.8, 4) is 0 Å². The van der Waals surface area contributed by atoms with Crippen LogP contribution in [0, 0.1) is 0 Å². The Hall–Kier alpha value is -0.250. The highest BCUT2D eigenvalue weighted by molar-refractivity contribution is 9.09. The van der Waals surface area contributed by atoms with Crippen molar-refractivity contribution in [3.63, 3.8) is 0 Å². The van der Waals surface area contributed by atoms with E-state index in [9.17, 15) is 4.79 Å². The third-order valence-corrected chi connectivity index (χ3v) is 1.84. The maximum Gasteiger partial charge on any atom is 0.508 e. The predicted molar refractivity (Wildman–Crippen MR) is 55.2 cm³/mol. The van der Waals surface area contributed by atoms with Gasteiger partial charge >= 0.3 is 6.16 Å². The number of carbonyl (C=O) groups excluding carboxylic acids is 1. The second-order valence-electron chi connectivity index (χ2n) is 2.70. The molecule has 0 spiro atoms. The maximum atomic E-state index is 10.8. The van der Waals surface area contributed by atoms with E-state index in [0.717, 1.165) is 12.8 Å². The molecule has 3 nitrogen and oxygen atoms in total. The number of hydrogen-bond acceptors (Lipinski definition) is 3. The molecule has 0 aliphatic carbocycles. The number of rotatable bonds is 7. The topological polar surface area (TPSA) is 35.5 Å². The van der Waals surface area contributed by atoms with Gasteiger partial charge in [-0.05, 0) is 6.42 Å². The lowest BCUT2D eigenvalue weighted by atomic mass is 10.2. The molecule has 0 aliphatic heterocycles. The lowest BCUT2D eigenvalue weighted by Gasteiger charge is -2.04. The third kappa shape index (κ3) is 9.67. The molecule has 0 unspecified atom stereocenters. The zero-order chi connectivity index (χ0) is 9.94. The Balaban J connectivity index is 3.08. The van der Waals surface area contributed by atoms with Crippen molar-refractivity contribution >= 4 is 22.1 Å². The van der Waals surface area contributed by atoms with Crippen LogP contribution in [0.25, 0.3) is 0 Å². The van der Waals surface area contributed by atoms with Crippen molar-refractivity contribution in [1.29, 1.82) is 0 Å². The van der Waals surface area contributed by atoms with Crippen molar-refractivity contribution in [1.82, 2.24) is 0 Å². The smallest absolute Gasteiger partial charge is 0.434 e. The highest BCUT2D eigenvalue weighted by atomic mass is 79.9. The van der Waals surface area contributed by atoms with Crippen molar-refractivity contribution in [2.45, 2.75) is 32.6 Å².